The Kier molecular flexibility index (Phi) is 1.86. The first-order valence-electron chi connectivity index (χ1n) is 5.18. The summed E-state index contributed by atoms with van der Waals surface area (Å²) in [6.45, 7) is 0. The Hall–Kier alpha value is -2.03. The molecular weight excluding hydrogens is 202 g/mol. The molecule has 80 valence electrons. The van der Waals surface area contributed by atoms with Gasteiger partial charge in [0.2, 0.25) is 0 Å². The Balaban J connectivity index is 2.26. The quantitative estimate of drug-likeness (QED) is 0.580. The lowest BCUT2D eigenvalue weighted by Gasteiger charge is -2.08. The molecular formula is C13H11NO2. The zero-order valence-corrected chi connectivity index (χ0v) is 8.93. The molecule has 0 saturated heterocycles. The molecule has 1 aromatic carbocycles. The predicted octanol–water partition coefficient (Wildman–Crippen LogP) is 2.17. The Morgan fingerprint density at radius 1 is 1.31 bits per heavy atom. The second-order valence-electron chi connectivity index (χ2n) is 3.85. The molecule has 0 fully saturated rings. The van der Waals surface area contributed by atoms with Gasteiger partial charge >= 0.3 is 5.97 Å². The van der Waals surface area contributed by atoms with Crippen LogP contribution >= 0.6 is 0 Å². The summed E-state index contributed by atoms with van der Waals surface area (Å²) in [7, 11) is 1.41. The molecule has 0 bridgehead atoms. The molecule has 0 atom stereocenters. The van der Waals surface area contributed by atoms with Crippen LogP contribution in [0.1, 0.15) is 21.6 Å². The number of benzene rings is 1. The van der Waals surface area contributed by atoms with Crippen LogP contribution < -0.4 is 0 Å². The van der Waals surface area contributed by atoms with E-state index < -0.39 is 0 Å². The number of carbonyl (C=O) groups excluding carboxylic acids is 1. The van der Waals surface area contributed by atoms with E-state index in [4.69, 9.17) is 4.74 Å². The number of esters is 1. The predicted molar refractivity (Wildman–Crippen MR) is 59.9 cm³/mol. The van der Waals surface area contributed by atoms with Crippen molar-refractivity contribution in [2.75, 3.05) is 7.11 Å². The maximum absolute atomic E-state index is 11.7. The molecule has 3 rings (SSSR count). The first kappa shape index (κ1) is 9.21. The van der Waals surface area contributed by atoms with Crippen LogP contribution in [0.25, 0.3) is 5.69 Å². The SMILES string of the molecule is COC(=O)c1cccc2c1-n1cccc1C2. The Labute approximate surface area is 93.3 Å². The topological polar surface area (TPSA) is 31.2 Å². The fourth-order valence-electron chi connectivity index (χ4n) is 2.27. The van der Waals surface area contributed by atoms with Crippen molar-refractivity contribution >= 4 is 5.97 Å². The molecule has 0 spiro atoms. The van der Waals surface area contributed by atoms with Crippen LogP contribution in [-0.4, -0.2) is 17.6 Å². The van der Waals surface area contributed by atoms with Gasteiger partial charge in [-0.15, -0.1) is 0 Å². The van der Waals surface area contributed by atoms with Gasteiger partial charge in [0.1, 0.15) is 0 Å². The van der Waals surface area contributed by atoms with Crippen molar-refractivity contribution in [2.45, 2.75) is 6.42 Å². The maximum atomic E-state index is 11.7. The lowest BCUT2D eigenvalue weighted by Crippen LogP contribution is -2.06. The van der Waals surface area contributed by atoms with Crippen molar-refractivity contribution in [3.8, 4) is 5.69 Å². The minimum Gasteiger partial charge on any atom is -0.465 e. The maximum Gasteiger partial charge on any atom is 0.340 e. The normalized spacial score (nSPS) is 12.1. The third kappa shape index (κ3) is 1.11. The highest BCUT2D eigenvalue weighted by Gasteiger charge is 2.23. The van der Waals surface area contributed by atoms with Gasteiger partial charge in [-0.05, 0) is 23.8 Å². The van der Waals surface area contributed by atoms with Crippen LogP contribution in [0.15, 0.2) is 36.5 Å². The number of fused-ring (bicyclic) bond motifs is 3. The van der Waals surface area contributed by atoms with Gasteiger partial charge in [-0.2, -0.15) is 0 Å². The monoisotopic (exact) mass is 213 g/mol. The van der Waals surface area contributed by atoms with Crippen LogP contribution in [-0.2, 0) is 11.2 Å². The van der Waals surface area contributed by atoms with E-state index in [-0.39, 0.29) is 5.97 Å². The van der Waals surface area contributed by atoms with E-state index >= 15 is 0 Å². The fraction of sp³-hybridized carbons (Fsp3) is 0.154. The molecule has 1 aromatic heterocycles. The highest BCUT2D eigenvalue weighted by Crippen LogP contribution is 2.31. The van der Waals surface area contributed by atoms with Gasteiger partial charge < -0.3 is 9.30 Å². The highest BCUT2D eigenvalue weighted by molar-refractivity contribution is 5.94. The molecule has 1 aliphatic rings. The van der Waals surface area contributed by atoms with Crippen molar-refractivity contribution in [3.05, 3.63) is 53.3 Å². The molecule has 3 heteroatoms. The van der Waals surface area contributed by atoms with Crippen molar-refractivity contribution < 1.29 is 9.53 Å². The summed E-state index contributed by atoms with van der Waals surface area (Å²) in [5.41, 5.74) is 3.99. The van der Waals surface area contributed by atoms with E-state index in [0.29, 0.717) is 5.56 Å². The number of carbonyl (C=O) groups is 1. The summed E-state index contributed by atoms with van der Waals surface area (Å²) >= 11 is 0. The third-order valence-corrected chi connectivity index (χ3v) is 2.97. The number of nitrogens with zero attached hydrogens (tertiary/aromatic N) is 1. The van der Waals surface area contributed by atoms with Crippen molar-refractivity contribution in [3.63, 3.8) is 0 Å². The Morgan fingerprint density at radius 3 is 3.00 bits per heavy atom. The van der Waals surface area contributed by atoms with Gasteiger partial charge in [0.05, 0.1) is 18.4 Å². The van der Waals surface area contributed by atoms with Crippen LogP contribution in [0.5, 0.6) is 0 Å². The van der Waals surface area contributed by atoms with E-state index in [1.807, 2.05) is 18.3 Å². The van der Waals surface area contributed by atoms with Crippen LogP contribution in [0.2, 0.25) is 0 Å². The molecule has 0 unspecified atom stereocenters. The van der Waals surface area contributed by atoms with Crippen molar-refractivity contribution in [1.29, 1.82) is 0 Å². The average molecular weight is 213 g/mol. The summed E-state index contributed by atoms with van der Waals surface area (Å²) in [5, 5.41) is 0. The van der Waals surface area contributed by atoms with E-state index in [1.165, 1.54) is 18.4 Å². The average Bonchev–Trinajstić information content (AvgIpc) is 2.86. The molecule has 3 nitrogen and oxygen atoms in total. The standard InChI is InChI=1S/C13H11NO2/c1-16-13(15)11-6-2-4-9-8-10-5-3-7-14(10)12(9)11/h2-7H,8H2,1H3. The molecule has 0 radical (unpaired) electrons. The zero-order valence-electron chi connectivity index (χ0n) is 8.93. The lowest BCUT2D eigenvalue weighted by molar-refractivity contribution is 0.0601. The van der Waals surface area contributed by atoms with Gasteiger partial charge in [-0.25, -0.2) is 4.79 Å². The molecule has 2 heterocycles. The second-order valence-corrected chi connectivity index (χ2v) is 3.85. The number of hydrogen-bond acceptors (Lipinski definition) is 2. The molecule has 2 aromatic rings. The summed E-state index contributed by atoms with van der Waals surface area (Å²) < 4.78 is 6.86. The number of rotatable bonds is 1. The highest BCUT2D eigenvalue weighted by atomic mass is 16.5. The zero-order chi connectivity index (χ0) is 11.1. The summed E-state index contributed by atoms with van der Waals surface area (Å²) in [6, 6.07) is 9.82. The summed E-state index contributed by atoms with van der Waals surface area (Å²) in [6.07, 6.45) is 2.86. The molecule has 0 amide bonds. The Bertz CT molecular complexity index is 569. The third-order valence-electron chi connectivity index (χ3n) is 2.97. The second kappa shape index (κ2) is 3.23. The number of ether oxygens (including phenoxy) is 1. The molecule has 0 N–H and O–H groups in total. The van der Waals surface area contributed by atoms with Crippen molar-refractivity contribution in [1.82, 2.24) is 4.57 Å². The van der Waals surface area contributed by atoms with E-state index in [9.17, 15) is 4.79 Å². The van der Waals surface area contributed by atoms with Gasteiger partial charge in [0, 0.05) is 18.3 Å². The fourth-order valence-corrected chi connectivity index (χ4v) is 2.27. The minimum atomic E-state index is -0.279. The number of hydrogen-bond donors (Lipinski definition) is 0. The van der Waals surface area contributed by atoms with Crippen LogP contribution in [0.3, 0.4) is 0 Å². The Morgan fingerprint density at radius 2 is 2.19 bits per heavy atom. The van der Waals surface area contributed by atoms with E-state index in [0.717, 1.165) is 12.1 Å². The number of para-hydroxylation sites is 1. The summed E-state index contributed by atoms with van der Waals surface area (Å²) in [4.78, 5) is 11.7. The van der Waals surface area contributed by atoms with E-state index in [1.54, 1.807) is 6.07 Å². The smallest absolute Gasteiger partial charge is 0.340 e. The van der Waals surface area contributed by atoms with Crippen molar-refractivity contribution in [2.24, 2.45) is 0 Å². The minimum absolute atomic E-state index is 0.279. The lowest BCUT2D eigenvalue weighted by atomic mass is 10.1. The molecule has 16 heavy (non-hydrogen) atoms. The van der Waals surface area contributed by atoms with Gasteiger partial charge in [-0.1, -0.05) is 12.1 Å². The summed E-state index contributed by atoms with van der Waals surface area (Å²) in [5.74, 6) is -0.279. The van der Waals surface area contributed by atoms with Gasteiger partial charge in [0.15, 0.2) is 0 Å². The largest absolute Gasteiger partial charge is 0.465 e. The first-order valence-corrected chi connectivity index (χ1v) is 5.18. The van der Waals surface area contributed by atoms with Gasteiger partial charge in [0.25, 0.3) is 0 Å². The molecule has 1 aliphatic heterocycles. The first-order chi connectivity index (χ1) is 7.81. The molecule has 0 aliphatic carbocycles. The number of methoxy groups -OCH3 is 1. The van der Waals surface area contributed by atoms with E-state index in [2.05, 4.69) is 16.7 Å². The number of aromatic nitrogens is 1. The van der Waals surface area contributed by atoms with Crippen LogP contribution in [0.4, 0.5) is 0 Å². The van der Waals surface area contributed by atoms with Gasteiger partial charge in [-0.3, -0.25) is 0 Å². The van der Waals surface area contributed by atoms with Crippen LogP contribution in [0, 0.1) is 0 Å². The molecule has 0 saturated carbocycles.